The average molecular weight is 336 g/mol. The summed E-state index contributed by atoms with van der Waals surface area (Å²) in [5, 5.41) is 7.89. The first-order valence-electron chi connectivity index (χ1n) is 8.56. The van der Waals surface area contributed by atoms with Gasteiger partial charge in [-0.3, -0.25) is 9.67 Å². The number of ether oxygens (including phenoxy) is 1. The van der Waals surface area contributed by atoms with Crippen LogP contribution in [0.5, 0.6) is 5.75 Å². The van der Waals surface area contributed by atoms with Crippen LogP contribution < -0.4 is 10.1 Å². The van der Waals surface area contributed by atoms with Gasteiger partial charge in [-0.25, -0.2) is 0 Å². The molecule has 0 unspecified atom stereocenters. The Morgan fingerprint density at radius 3 is 2.72 bits per heavy atom. The molecule has 0 saturated heterocycles. The molecule has 3 aromatic rings. The van der Waals surface area contributed by atoms with E-state index in [1.807, 2.05) is 59.7 Å². The Morgan fingerprint density at radius 2 is 1.96 bits per heavy atom. The third-order valence-electron chi connectivity index (χ3n) is 4.37. The van der Waals surface area contributed by atoms with Crippen LogP contribution in [0.1, 0.15) is 31.0 Å². The van der Waals surface area contributed by atoms with Gasteiger partial charge in [0.15, 0.2) is 0 Å². The van der Waals surface area contributed by atoms with Gasteiger partial charge in [0.05, 0.1) is 6.04 Å². The van der Waals surface area contributed by atoms with E-state index in [-0.39, 0.29) is 12.1 Å². The Bertz CT molecular complexity index is 758. The molecule has 1 N–H and O–H groups in total. The predicted molar refractivity (Wildman–Crippen MR) is 98.3 cm³/mol. The average Bonchev–Trinajstić information content (AvgIpc) is 3.20. The zero-order valence-corrected chi connectivity index (χ0v) is 14.7. The molecule has 25 heavy (non-hydrogen) atoms. The van der Waals surface area contributed by atoms with E-state index in [0.29, 0.717) is 6.61 Å². The summed E-state index contributed by atoms with van der Waals surface area (Å²) in [6, 6.07) is 14.6. The maximum atomic E-state index is 5.99. The van der Waals surface area contributed by atoms with E-state index < -0.39 is 0 Å². The number of aromatic nitrogens is 3. The first kappa shape index (κ1) is 17.2. The van der Waals surface area contributed by atoms with Gasteiger partial charge in [0.25, 0.3) is 0 Å². The maximum Gasteiger partial charge on any atom is 0.124 e. The number of pyridine rings is 1. The fourth-order valence-electron chi connectivity index (χ4n) is 2.63. The SMILES string of the molecule is C[C@H](NCc1ccccc1OCc1cccnc1)[C@@H](C)n1cccn1. The van der Waals surface area contributed by atoms with E-state index in [1.54, 1.807) is 6.20 Å². The van der Waals surface area contributed by atoms with E-state index in [0.717, 1.165) is 23.4 Å². The standard InChI is InChI=1S/C20H24N4O/c1-16(17(2)24-12-6-11-23-24)22-14-19-8-3-4-9-20(19)25-15-18-7-5-10-21-13-18/h3-13,16-17,22H,14-15H2,1-2H3/t16-,17+/m0/s1. The van der Waals surface area contributed by atoms with Gasteiger partial charge in [-0.15, -0.1) is 0 Å². The minimum Gasteiger partial charge on any atom is -0.489 e. The number of rotatable bonds is 8. The summed E-state index contributed by atoms with van der Waals surface area (Å²) in [5.74, 6) is 0.901. The predicted octanol–water partition coefficient (Wildman–Crippen LogP) is 3.60. The van der Waals surface area contributed by atoms with E-state index in [4.69, 9.17) is 4.74 Å². The van der Waals surface area contributed by atoms with Gasteiger partial charge in [0.2, 0.25) is 0 Å². The molecule has 0 saturated carbocycles. The van der Waals surface area contributed by atoms with Crippen LogP contribution in [0.3, 0.4) is 0 Å². The topological polar surface area (TPSA) is 52.0 Å². The van der Waals surface area contributed by atoms with Gasteiger partial charge in [0.1, 0.15) is 12.4 Å². The van der Waals surface area contributed by atoms with Crippen LogP contribution in [0.4, 0.5) is 0 Å². The fraction of sp³-hybridized carbons (Fsp3) is 0.300. The van der Waals surface area contributed by atoms with Crippen molar-refractivity contribution in [1.82, 2.24) is 20.1 Å². The van der Waals surface area contributed by atoms with Crippen molar-refractivity contribution in [2.24, 2.45) is 0 Å². The van der Waals surface area contributed by atoms with Crippen molar-refractivity contribution in [2.45, 2.75) is 39.1 Å². The first-order valence-corrected chi connectivity index (χ1v) is 8.56. The number of benzene rings is 1. The van der Waals surface area contributed by atoms with Crippen molar-refractivity contribution in [3.63, 3.8) is 0 Å². The van der Waals surface area contributed by atoms with E-state index in [9.17, 15) is 0 Å². The lowest BCUT2D eigenvalue weighted by molar-refractivity contribution is 0.299. The van der Waals surface area contributed by atoms with E-state index in [2.05, 4.69) is 35.3 Å². The van der Waals surface area contributed by atoms with Crippen LogP contribution in [-0.2, 0) is 13.2 Å². The Balaban J connectivity index is 1.59. The molecule has 3 rings (SSSR count). The van der Waals surface area contributed by atoms with Gasteiger partial charge < -0.3 is 10.1 Å². The molecule has 0 aliphatic heterocycles. The van der Waals surface area contributed by atoms with Crippen molar-refractivity contribution in [1.29, 1.82) is 0 Å². The van der Waals surface area contributed by atoms with E-state index in [1.165, 1.54) is 0 Å². The number of nitrogens with one attached hydrogen (secondary N) is 1. The highest BCUT2D eigenvalue weighted by atomic mass is 16.5. The number of para-hydroxylation sites is 1. The summed E-state index contributed by atoms with van der Waals surface area (Å²) in [4.78, 5) is 4.12. The van der Waals surface area contributed by atoms with Crippen LogP contribution >= 0.6 is 0 Å². The summed E-state index contributed by atoms with van der Waals surface area (Å²) >= 11 is 0. The summed E-state index contributed by atoms with van der Waals surface area (Å²) in [5.41, 5.74) is 2.21. The highest BCUT2D eigenvalue weighted by Crippen LogP contribution is 2.20. The zero-order valence-electron chi connectivity index (χ0n) is 14.7. The molecular formula is C20H24N4O. The van der Waals surface area contributed by atoms with Crippen LogP contribution in [0, 0.1) is 0 Å². The maximum absolute atomic E-state index is 5.99. The second kappa shape index (κ2) is 8.44. The molecule has 2 heterocycles. The van der Waals surface area contributed by atoms with Crippen molar-refractivity contribution in [3.05, 3.63) is 78.4 Å². The van der Waals surface area contributed by atoms with E-state index >= 15 is 0 Å². The Kier molecular flexibility index (Phi) is 5.80. The molecule has 130 valence electrons. The van der Waals surface area contributed by atoms with Gasteiger partial charge in [0, 0.05) is 48.5 Å². The second-order valence-corrected chi connectivity index (χ2v) is 6.15. The monoisotopic (exact) mass is 336 g/mol. The van der Waals surface area contributed by atoms with Gasteiger partial charge in [-0.2, -0.15) is 5.10 Å². The molecule has 0 fully saturated rings. The molecule has 0 aliphatic carbocycles. The molecule has 0 bridgehead atoms. The molecular weight excluding hydrogens is 312 g/mol. The van der Waals surface area contributed by atoms with Crippen LogP contribution in [0.25, 0.3) is 0 Å². The molecule has 1 aromatic carbocycles. The van der Waals surface area contributed by atoms with Crippen LogP contribution in [-0.4, -0.2) is 20.8 Å². The Labute approximate surface area is 148 Å². The Morgan fingerprint density at radius 1 is 1.08 bits per heavy atom. The number of nitrogens with zero attached hydrogens (tertiary/aromatic N) is 3. The van der Waals surface area contributed by atoms with Crippen LogP contribution in [0.2, 0.25) is 0 Å². The van der Waals surface area contributed by atoms with Crippen LogP contribution in [0.15, 0.2) is 67.3 Å². The quantitative estimate of drug-likeness (QED) is 0.683. The fourth-order valence-corrected chi connectivity index (χ4v) is 2.63. The zero-order chi connectivity index (χ0) is 17.5. The normalized spacial score (nSPS) is 13.4. The second-order valence-electron chi connectivity index (χ2n) is 6.15. The lowest BCUT2D eigenvalue weighted by atomic mass is 10.1. The van der Waals surface area contributed by atoms with Crippen molar-refractivity contribution in [3.8, 4) is 5.75 Å². The highest BCUT2D eigenvalue weighted by Gasteiger charge is 2.14. The van der Waals surface area contributed by atoms with Gasteiger partial charge in [-0.1, -0.05) is 24.3 Å². The Hall–Kier alpha value is -2.66. The highest BCUT2D eigenvalue weighted by molar-refractivity contribution is 5.33. The third-order valence-corrected chi connectivity index (χ3v) is 4.37. The van der Waals surface area contributed by atoms with Gasteiger partial charge >= 0.3 is 0 Å². The van der Waals surface area contributed by atoms with Crippen molar-refractivity contribution >= 4 is 0 Å². The largest absolute Gasteiger partial charge is 0.489 e. The lowest BCUT2D eigenvalue weighted by Gasteiger charge is -2.22. The molecule has 2 atom stereocenters. The molecule has 0 aliphatic rings. The van der Waals surface area contributed by atoms with Crippen molar-refractivity contribution in [2.75, 3.05) is 0 Å². The number of hydrogen-bond donors (Lipinski definition) is 1. The molecule has 2 aromatic heterocycles. The van der Waals surface area contributed by atoms with Crippen molar-refractivity contribution < 1.29 is 4.74 Å². The molecule has 0 amide bonds. The smallest absolute Gasteiger partial charge is 0.124 e. The summed E-state index contributed by atoms with van der Waals surface area (Å²) < 4.78 is 7.97. The molecule has 5 heteroatoms. The number of hydrogen-bond acceptors (Lipinski definition) is 4. The minimum atomic E-state index is 0.276. The third kappa shape index (κ3) is 4.67. The molecule has 5 nitrogen and oxygen atoms in total. The summed E-state index contributed by atoms with van der Waals surface area (Å²) in [6.07, 6.45) is 7.40. The molecule has 0 radical (unpaired) electrons. The first-order chi connectivity index (χ1) is 12.2. The summed E-state index contributed by atoms with van der Waals surface area (Å²) in [6.45, 7) is 5.60. The van der Waals surface area contributed by atoms with Gasteiger partial charge in [-0.05, 0) is 32.0 Å². The lowest BCUT2D eigenvalue weighted by Crippen LogP contribution is -2.33. The molecule has 0 spiro atoms. The minimum absolute atomic E-state index is 0.276. The summed E-state index contributed by atoms with van der Waals surface area (Å²) in [7, 11) is 0.